The first kappa shape index (κ1) is 32.4. The molecule has 0 bridgehead atoms. The largest absolute Gasteiger partial charge is 0.467 e. The molecular formula is C28H41ClN4O5S. The van der Waals surface area contributed by atoms with Crippen LogP contribution in [0.3, 0.4) is 0 Å². The smallest absolute Gasteiger partial charge is 0.407 e. The van der Waals surface area contributed by atoms with Crippen LogP contribution in [0.4, 0.5) is 9.93 Å². The van der Waals surface area contributed by atoms with Gasteiger partial charge in [0.05, 0.1) is 13.7 Å². The average Bonchev–Trinajstić information content (AvgIpc) is 3.62. The summed E-state index contributed by atoms with van der Waals surface area (Å²) in [6.07, 6.45) is 3.05. The minimum Gasteiger partial charge on any atom is -0.467 e. The third kappa shape index (κ3) is 9.69. The quantitative estimate of drug-likeness (QED) is 0.343. The highest BCUT2D eigenvalue weighted by molar-refractivity contribution is 7.15. The van der Waals surface area contributed by atoms with Gasteiger partial charge in [-0.15, -0.1) is 22.9 Å². The van der Waals surface area contributed by atoms with E-state index in [0.29, 0.717) is 43.0 Å². The number of aromatic nitrogens is 1. The number of rotatable bonds is 4. The number of hydrogen-bond donors (Lipinski definition) is 2. The number of nitrogen functional groups attached to an aromatic ring is 1. The number of ether oxygens (including phenoxy) is 1. The Morgan fingerprint density at radius 3 is 2.44 bits per heavy atom. The van der Waals surface area contributed by atoms with Gasteiger partial charge in [-0.05, 0) is 40.9 Å². The topological polar surface area (TPSA) is 126 Å². The van der Waals surface area contributed by atoms with E-state index in [9.17, 15) is 14.4 Å². The molecule has 0 radical (unpaired) electrons. The predicted octanol–water partition coefficient (Wildman–Crippen LogP) is 5.85. The number of anilines is 1. The third-order valence-electron chi connectivity index (χ3n) is 6.33. The van der Waals surface area contributed by atoms with Crippen molar-refractivity contribution in [3.8, 4) is 0 Å². The molecule has 2 amide bonds. The van der Waals surface area contributed by atoms with E-state index in [1.807, 2.05) is 45.2 Å². The summed E-state index contributed by atoms with van der Waals surface area (Å²) in [5.41, 5.74) is 8.57. The lowest BCUT2D eigenvalue weighted by atomic mass is 9.91. The van der Waals surface area contributed by atoms with Crippen LogP contribution in [0.2, 0.25) is 0 Å². The number of esters is 1. The lowest BCUT2D eigenvalue weighted by Crippen LogP contribution is -2.42. The van der Waals surface area contributed by atoms with E-state index < -0.39 is 6.09 Å². The fourth-order valence-electron chi connectivity index (χ4n) is 4.32. The van der Waals surface area contributed by atoms with Crippen LogP contribution in [0.5, 0.6) is 0 Å². The Morgan fingerprint density at radius 2 is 1.95 bits per heavy atom. The molecule has 3 heterocycles. The molecule has 4 rings (SSSR count). The fourth-order valence-corrected chi connectivity index (χ4v) is 5.26. The van der Waals surface area contributed by atoms with E-state index in [1.165, 1.54) is 16.9 Å². The Hall–Kier alpha value is -2.85. The van der Waals surface area contributed by atoms with Crippen LogP contribution in [0.25, 0.3) is 0 Å². The Balaban J connectivity index is 0.000000213. The summed E-state index contributed by atoms with van der Waals surface area (Å²) in [4.78, 5) is 42.5. The van der Waals surface area contributed by atoms with Crippen LogP contribution >= 0.6 is 22.9 Å². The summed E-state index contributed by atoms with van der Waals surface area (Å²) in [5, 5.41) is 9.51. The first-order chi connectivity index (χ1) is 18.3. The van der Waals surface area contributed by atoms with Crippen LogP contribution in [0, 0.1) is 5.41 Å². The monoisotopic (exact) mass is 580 g/mol. The van der Waals surface area contributed by atoms with Crippen molar-refractivity contribution in [2.75, 3.05) is 19.4 Å². The van der Waals surface area contributed by atoms with Crippen LogP contribution in [0.1, 0.15) is 81.4 Å². The highest BCUT2D eigenvalue weighted by Crippen LogP contribution is 2.27. The molecule has 1 aromatic carbocycles. The first-order valence-electron chi connectivity index (χ1n) is 13.0. The van der Waals surface area contributed by atoms with Gasteiger partial charge in [0, 0.05) is 36.5 Å². The number of alkyl halides is 1. The second-order valence-corrected chi connectivity index (χ2v) is 12.4. The molecule has 3 N–H and O–H groups in total. The van der Waals surface area contributed by atoms with Gasteiger partial charge in [-0.25, -0.2) is 14.6 Å². The number of fused-ring (bicyclic) bond motifs is 1. The van der Waals surface area contributed by atoms with E-state index >= 15 is 0 Å². The van der Waals surface area contributed by atoms with E-state index in [2.05, 4.69) is 18.8 Å². The zero-order valence-corrected chi connectivity index (χ0v) is 25.3. The lowest BCUT2D eigenvalue weighted by molar-refractivity contribution is -0.151. The minimum absolute atomic E-state index is 0.0413. The van der Waals surface area contributed by atoms with Crippen molar-refractivity contribution < 1.29 is 24.2 Å². The van der Waals surface area contributed by atoms with Gasteiger partial charge >= 0.3 is 12.1 Å². The maximum Gasteiger partial charge on any atom is 0.407 e. The fraction of sp³-hybridized carbons (Fsp3) is 0.571. The van der Waals surface area contributed by atoms with Crippen molar-refractivity contribution in [1.82, 2.24) is 14.8 Å². The van der Waals surface area contributed by atoms with Crippen molar-refractivity contribution in [3.63, 3.8) is 0 Å². The second-order valence-electron chi connectivity index (χ2n) is 11.1. The number of thiazole rings is 1. The Kier molecular flexibility index (Phi) is 12.0. The molecule has 1 saturated heterocycles. The number of carbonyl (C=O) groups excluding carboxylic acids is 2. The molecule has 2 aliphatic rings. The standard InChI is InChI=1S/C12H21NO3.C10H10ClNO2.C6H10N2S/c1-12(2,3)8-10(14)13-7-5-6-9(13)11(15)16-4;11-4-7-2-1-3-8-5-12(10(13)14)6-9(7)8;1-4(2)5-3-8-6(7)9-5/h9H,5-8H2,1-4H3;1-3H,4-6H2,(H,13,14);3-4H,1-2H3,(H2,7,8). The first-order valence-corrected chi connectivity index (χ1v) is 14.3. The number of nitrogens with two attached hydrogens (primary N) is 1. The Labute approximate surface area is 240 Å². The molecule has 0 saturated carbocycles. The van der Waals surface area contributed by atoms with E-state index in [4.69, 9.17) is 27.2 Å². The van der Waals surface area contributed by atoms with E-state index in [1.54, 1.807) is 16.2 Å². The molecule has 1 aromatic heterocycles. The maximum atomic E-state index is 12.0. The molecule has 216 valence electrons. The number of halogens is 1. The lowest BCUT2D eigenvalue weighted by Gasteiger charge is -2.26. The number of methoxy groups -OCH3 is 1. The number of hydrogen-bond acceptors (Lipinski definition) is 7. The van der Waals surface area contributed by atoms with Crippen molar-refractivity contribution in [2.45, 2.75) is 84.8 Å². The molecule has 39 heavy (non-hydrogen) atoms. The molecule has 0 spiro atoms. The minimum atomic E-state index is -0.873. The van der Waals surface area contributed by atoms with Gasteiger partial charge in [0.2, 0.25) is 5.91 Å². The molecule has 9 nitrogen and oxygen atoms in total. The summed E-state index contributed by atoms with van der Waals surface area (Å²) in [6, 6.07) is 5.45. The molecular weight excluding hydrogens is 540 g/mol. The summed E-state index contributed by atoms with van der Waals surface area (Å²) in [6.45, 7) is 12.0. The second kappa shape index (κ2) is 14.5. The van der Waals surface area contributed by atoms with E-state index in [-0.39, 0.29) is 23.3 Å². The number of amides is 2. The van der Waals surface area contributed by atoms with Gasteiger partial charge in [-0.3, -0.25) is 9.69 Å². The molecule has 2 aliphatic heterocycles. The molecule has 0 aliphatic carbocycles. The number of likely N-dealkylation sites (tertiary alicyclic amines) is 1. The van der Waals surface area contributed by atoms with Crippen LogP contribution in [0.15, 0.2) is 24.4 Å². The molecule has 11 heteroatoms. The average molecular weight is 581 g/mol. The van der Waals surface area contributed by atoms with Crippen molar-refractivity contribution in [1.29, 1.82) is 0 Å². The zero-order chi connectivity index (χ0) is 29.3. The van der Waals surface area contributed by atoms with Crippen molar-refractivity contribution in [2.24, 2.45) is 5.41 Å². The molecule has 2 aromatic rings. The maximum absolute atomic E-state index is 12.0. The number of benzene rings is 1. The summed E-state index contributed by atoms with van der Waals surface area (Å²) in [5.74, 6) is 0.761. The highest BCUT2D eigenvalue weighted by Gasteiger charge is 2.35. The van der Waals surface area contributed by atoms with Crippen LogP contribution < -0.4 is 5.73 Å². The van der Waals surface area contributed by atoms with Gasteiger partial charge in [-0.2, -0.15) is 0 Å². The van der Waals surface area contributed by atoms with Crippen molar-refractivity contribution >= 4 is 46.0 Å². The van der Waals surface area contributed by atoms with Gasteiger partial charge in [0.1, 0.15) is 6.04 Å². The number of carbonyl (C=O) groups is 3. The van der Waals surface area contributed by atoms with Crippen LogP contribution in [-0.4, -0.2) is 57.6 Å². The molecule has 1 atom stereocenters. The van der Waals surface area contributed by atoms with Crippen LogP contribution in [-0.2, 0) is 33.3 Å². The summed E-state index contributed by atoms with van der Waals surface area (Å²) in [7, 11) is 1.37. The van der Waals surface area contributed by atoms with Gasteiger partial charge in [0.25, 0.3) is 0 Å². The predicted molar refractivity (Wildman–Crippen MR) is 155 cm³/mol. The summed E-state index contributed by atoms with van der Waals surface area (Å²) < 4.78 is 4.71. The van der Waals surface area contributed by atoms with Gasteiger partial charge < -0.3 is 20.5 Å². The summed E-state index contributed by atoms with van der Waals surface area (Å²) >= 11 is 7.33. The Morgan fingerprint density at radius 1 is 1.26 bits per heavy atom. The molecule has 1 unspecified atom stereocenters. The van der Waals surface area contributed by atoms with Crippen molar-refractivity contribution in [3.05, 3.63) is 46.0 Å². The Bertz CT molecular complexity index is 1130. The zero-order valence-electron chi connectivity index (χ0n) is 23.7. The number of nitrogens with zero attached hydrogens (tertiary/aromatic N) is 3. The van der Waals surface area contributed by atoms with Gasteiger partial charge in [0.15, 0.2) is 5.13 Å². The molecule has 1 fully saturated rings. The van der Waals surface area contributed by atoms with E-state index in [0.717, 1.165) is 29.5 Å². The SMILES string of the molecule is CC(C)c1cnc(N)s1.COC(=O)C1CCCN1C(=O)CC(C)(C)C.O=C(O)N1Cc2cccc(CCl)c2C1. The number of carboxylic acid groups (broad SMARTS) is 1. The van der Waals surface area contributed by atoms with Gasteiger partial charge in [-0.1, -0.05) is 52.8 Å². The normalized spacial score (nSPS) is 16.2. The highest BCUT2D eigenvalue weighted by atomic mass is 35.5. The third-order valence-corrected chi connectivity index (χ3v) is 7.75.